The highest BCUT2D eigenvalue weighted by molar-refractivity contribution is 7.79. The molecule has 0 N–H and O–H groups in total. The second kappa shape index (κ2) is 5.76. The third-order valence-corrected chi connectivity index (χ3v) is 3.16. The van der Waals surface area contributed by atoms with Crippen molar-refractivity contribution in [3.8, 4) is 0 Å². The van der Waals surface area contributed by atoms with Crippen LogP contribution in [-0.2, 0) is 0 Å². The SMILES string of the molecule is O=C(c1ccc(C=S)cc1)c1ccc(C=S)cc1. The van der Waals surface area contributed by atoms with Gasteiger partial charge in [-0.25, -0.2) is 0 Å². The minimum atomic E-state index is 0.00170. The van der Waals surface area contributed by atoms with Gasteiger partial charge < -0.3 is 0 Å². The Labute approximate surface area is 116 Å². The van der Waals surface area contributed by atoms with Crippen LogP contribution in [0.25, 0.3) is 0 Å². The van der Waals surface area contributed by atoms with Gasteiger partial charge in [0.15, 0.2) is 5.78 Å². The molecule has 0 aromatic heterocycles. The van der Waals surface area contributed by atoms with E-state index in [9.17, 15) is 4.79 Å². The fraction of sp³-hybridized carbons (Fsp3) is 0. The highest BCUT2D eigenvalue weighted by Gasteiger charge is 2.08. The first kappa shape index (κ1) is 12.7. The lowest BCUT2D eigenvalue weighted by atomic mass is 10.0. The van der Waals surface area contributed by atoms with E-state index in [1.165, 1.54) is 0 Å². The molecule has 3 heteroatoms. The number of rotatable bonds is 4. The summed E-state index contributed by atoms with van der Waals surface area (Å²) in [5.41, 5.74) is 3.17. The average Bonchev–Trinajstić information content (AvgIpc) is 2.47. The third-order valence-electron chi connectivity index (χ3n) is 2.62. The minimum Gasteiger partial charge on any atom is -0.289 e. The first-order valence-corrected chi connectivity index (χ1v) is 6.34. The molecule has 0 saturated carbocycles. The summed E-state index contributed by atoms with van der Waals surface area (Å²) in [6, 6.07) is 14.5. The van der Waals surface area contributed by atoms with E-state index < -0.39 is 0 Å². The van der Waals surface area contributed by atoms with Crippen LogP contribution in [0.5, 0.6) is 0 Å². The molecule has 18 heavy (non-hydrogen) atoms. The topological polar surface area (TPSA) is 17.1 Å². The Bertz CT molecular complexity index is 529. The molecule has 0 fully saturated rings. The Balaban J connectivity index is 2.28. The van der Waals surface area contributed by atoms with Gasteiger partial charge in [-0.3, -0.25) is 4.79 Å². The van der Waals surface area contributed by atoms with E-state index in [-0.39, 0.29) is 5.78 Å². The highest BCUT2D eigenvalue weighted by Crippen LogP contribution is 2.11. The van der Waals surface area contributed by atoms with Crippen LogP contribution in [-0.4, -0.2) is 16.5 Å². The van der Waals surface area contributed by atoms with Crippen LogP contribution >= 0.6 is 24.4 Å². The Kier molecular flexibility index (Phi) is 4.07. The first-order chi connectivity index (χ1) is 8.74. The maximum absolute atomic E-state index is 12.2. The fourth-order valence-electron chi connectivity index (χ4n) is 1.59. The van der Waals surface area contributed by atoms with Crippen molar-refractivity contribution in [2.24, 2.45) is 0 Å². The summed E-state index contributed by atoms with van der Waals surface area (Å²) in [4.78, 5) is 12.2. The number of carbonyl (C=O) groups excluding carboxylic acids is 1. The average molecular weight is 270 g/mol. The van der Waals surface area contributed by atoms with Gasteiger partial charge in [-0.1, -0.05) is 73.0 Å². The maximum atomic E-state index is 12.2. The monoisotopic (exact) mass is 270 g/mol. The summed E-state index contributed by atoms with van der Waals surface area (Å²) in [6.45, 7) is 0. The van der Waals surface area contributed by atoms with E-state index in [0.717, 1.165) is 11.1 Å². The molecule has 88 valence electrons. The van der Waals surface area contributed by atoms with Gasteiger partial charge in [-0.05, 0) is 11.1 Å². The number of ketones is 1. The van der Waals surface area contributed by atoms with E-state index in [4.69, 9.17) is 24.4 Å². The fourth-order valence-corrected chi connectivity index (χ4v) is 1.91. The van der Waals surface area contributed by atoms with Gasteiger partial charge >= 0.3 is 0 Å². The van der Waals surface area contributed by atoms with Crippen molar-refractivity contribution in [3.63, 3.8) is 0 Å². The van der Waals surface area contributed by atoms with Gasteiger partial charge in [0.2, 0.25) is 0 Å². The molecule has 0 amide bonds. The number of hydrogen-bond donors (Lipinski definition) is 0. The molecule has 0 aliphatic carbocycles. The lowest BCUT2D eigenvalue weighted by Gasteiger charge is -2.02. The summed E-state index contributed by atoms with van der Waals surface area (Å²) in [6.07, 6.45) is 0. The number of carbonyl (C=O) groups is 1. The third kappa shape index (κ3) is 2.75. The smallest absolute Gasteiger partial charge is 0.193 e. The predicted molar refractivity (Wildman–Crippen MR) is 81.8 cm³/mol. The molecule has 0 unspecified atom stereocenters. The number of thiocarbonyl (C=S) groups is 2. The molecular weight excluding hydrogens is 260 g/mol. The summed E-state index contributed by atoms with van der Waals surface area (Å²) in [7, 11) is 0. The minimum absolute atomic E-state index is 0.00170. The Morgan fingerprint density at radius 2 is 1.06 bits per heavy atom. The molecule has 2 aromatic carbocycles. The highest BCUT2D eigenvalue weighted by atomic mass is 32.1. The second-order valence-corrected chi connectivity index (χ2v) is 4.28. The molecule has 0 aliphatic heterocycles. The molecule has 0 atom stereocenters. The Hall–Kier alpha value is -1.71. The summed E-state index contributed by atoms with van der Waals surface area (Å²) < 4.78 is 0. The maximum Gasteiger partial charge on any atom is 0.193 e. The molecule has 0 spiro atoms. The van der Waals surface area contributed by atoms with Gasteiger partial charge in [0.25, 0.3) is 0 Å². The van der Waals surface area contributed by atoms with Crippen LogP contribution in [0.1, 0.15) is 27.0 Å². The van der Waals surface area contributed by atoms with Crippen LogP contribution in [0.2, 0.25) is 0 Å². The van der Waals surface area contributed by atoms with E-state index in [1.54, 1.807) is 35.0 Å². The van der Waals surface area contributed by atoms with E-state index in [0.29, 0.717) is 11.1 Å². The van der Waals surface area contributed by atoms with Crippen molar-refractivity contribution >= 4 is 41.0 Å². The van der Waals surface area contributed by atoms with Crippen molar-refractivity contribution in [2.45, 2.75) is 0 Å². The zero-order chi connectivity index (χ0) is 13.0. The van der Waals surface area contributed by atoms with Crippen molar-refractivity contribution < 1.29 is 4.79 Å². The molecule has 2 rings (SSSR count). The summed E-state index contributed by atoms with van der Waals surface area (Å²) in [5.74, 6) is 0.00170. The molecule has 0 heterocycles. The zero-order valence-corrected chi connectivity index (χ0v) is 11.1. The second-order valence-electron chi connectivity index (χ2n) is 3.81. The van der Waals surface area contributed by atoms with Crippen molar-refractivity contribution in [1.29, 1.82) is 0 Å². The molecular formula is C15H10OS2. The quantitative estimate of drug-likeness (QED) is 0.624. The van der Waals surface area contributed by atoms with Crippen LogP contribution in [0.4, 0.5) is 0 Å². The normalized spacial score (nSPS) is 9.78. The van der Waals surface area contributed by atoms with Crippen molar-refractivity contribution in [3.05, 3.63) is 70.8 Å². The first-order valence-electron chi connectivity index (χ1n) is 5.40. The molecule has 1 nitrogen and oxygen atoms in total. The molecule has 2 aromatic rings. The lowest BCUT2D eigenvalue weighted by Crippen LogP contribution is -2.01. The zero-order valence-electron chi connectivity index (χ0n) is 9.50. The van der Waals surface area contributed by atoms with E-state index in [1.807, 2.05) is 24.3 Å². The number of benzene rings is 2. The van der Waals surface area contributed by atoms with Gasteiger partial charge in [-0.2, -0.15) is 0 Å². The van der Waals surface area contributed by atoms with Gasteiger partial charge in [0.1, 0.15) is 0 Å². The molecule has 0 aliphatic rings. The van der Waals surface area contributed by atoms with Crippen molar-refractivity contribution in [1.82, 2.24) is 0 Å². The summed E-state index contributed by atoms with van der Waals surface area (Å²) in [5, 5.41) is 3.17. The largest absolute Gasteiger partial charge is 0.289 e. The Morgan fingerprint density at radius 1 is 0.722 bits per heavy atom. The predicted octanol–water partition coefficient (Wildman–Crippen LogP) is 3.61. The Morgan fingerprint density at radius 3 is 1.33 bits per heavy atom. The molecule has 0 bridgehead atoms. The van der Waals surface area contributed by atoms with Gasteiger partial charge in [0.05, 0.1) is 0 Å². The van der Waals surface area contributed by atoms with E-state index in [2.05, 4.69) is 0 Å². The van der Waals surface area contributed by atoms with Crippen LogP contribution in [0, 0.1) is 0 Å². The van der Waals surface area contributed by atoms with Gasteiger partial charge in [0, 0.05) is 21.9 Å². The van der Waals surface area contributed by atoms with Crippen molar-refractivity contribution in [2.75, 3.05) is 0 Å². The molecule has 0 radical (unpaired) electrons. The lowest BCUT2D eigenvalue weighted by molar-refractivity contribution is 0.103. The summed E-state index contributed by atoms with van der Waals surface area (Å²) >= 11 is 9.65. The van der Waals surface area contributed by atoms with E-state index >= 15 is 0 Å². The van der Waals surface area contributed by atoms with Crippen LogP contribution < -0.4 is 0 Å². The standard InChI is InChI=1S/C15H10OS2/c16-15(13-5-1-11(9-17)2-6-13)14-7-3-12(10-18)4-8-14/h1-10H. The number of hydrogen-bond acceptors (Lipinski definition) is 3. The van der Waals surface area contributed by atoms with Crippen LogP contribution in [0.3, 0.4) is 0 Å². The van der Waals surface area contributed by atoms with Gasteiger partial charge in [-0.15, -0.1) is 0 Å². The van der Waals surface area contributed by atoms with Crippen LogP contribution in [0.15, 0.2) is 48.5 Å². The molecule has 0 saturated heterocycles.